The van der Waals surface area contributed by atoms with Gasteiger partial charge >= 0.3 is 0 Å². The fourth-order valence-corrected chi connectivity index (χ4v) is 3.35. The zero-order valence-corrected chi connectivity index (χ0v) is 14.6. The first-order valence-corrected chi connectivity index (χ1v) is 8.76. The standard InChI is InChI=1S/C21H26N2O/c1-15(14-22)23(2)21(24)9-5-6-16-10-11-18-13-17-7-3-4-8-19(17)20(18)12-16/h3-4,7-8,10-12,15H,5-6,9,13-14,22H2,1-2H3. The van der Waals surface area contributed by atoms with Gasteiger partial charge in [-0.15, -0.1) is 0 Å². The Kier molecular flexibility index (Phi) is 5.00. The molecule has 126 valence electrons. The van der Waals surface area contributed by atoms with E-state index in [-0.39, 0.29) is 11.9 Å². The number of nitrogens with two attached hydrogens (primary N) is 1. The number of fused-ring (bicyclic) bond motifs is 3. The molecule has 2 N–H and O–H groups in total. The summed E-state index contributed by atoms with van der Waals surface area (Å²) < 4.78 is 0. The molecule has 0 heterocycles. The Labute approximate surface area is 144 Å². The molecule has 0 radical (unpaired) electrons. The lowest BCUT2D eigenvalue weighted by Crippen LogP contribution is -2.39. The summed E-state index contributed by atoms with van der Waals surface area (Å²) in [6.45, 7) is 2.49. The molecule has 0 saturated carbocycles. The molecule has 1 aliphatic rings. The number of carbonyl (C=O) groups is 1. The van der Waals surface area contributed by atoms with Crippen LogP contribution in [0.4, 0.5) is 0 Å². The molecule has 1 amide bonds. The van der Waals surface area contributed by atoms with Gasteiger partial charge in [0.05, 0.1) is 0 Å². The highest BCUT2D eigenvalue weighted by Gasteiger charge is 2.18. The number of amides is 1. The summed E-state index contributed by atoms with van der Waals surface area (Å²) in [5.41, 5.74) is 12.5. The van der Waals surface area contributed by atoms with Gasteiger partial charge in [0.15, 0.2) is 0 Å². The van der Waals surface area contributed by atoms with Crippen molar-refractivity contribution in [3.8, 4) is 11.1 Å². The van der Waals surface area contributed by atoms with Crippen molar-refractivity contribution >= 4 is 5.91 Å². The number of benzene rings is 2. The average Bonchev–Trinajstić information content (AvgIpc) is 2.98. The Hall–Kier alpha value is -2.13. The maximum atomic E-state index is 12.2. The van der Waals surface area contributed by atoms with Gasteiger partial charge in [0.1, 0.15) is 0 Å². The summed E-state index contributed by atoms with van der Waals surface area (Å²) in [6.07, 6.45) is 3.42. The Bertz CT molecular complexity index is 738. The number of nitrogens with zero attached hydrogens (tertiary/aromatic N) is 1. The van der Waals surface area contributed by atoms with Crippen molar-refractivity contribution in [1.29, 1.82) is 0 Å². The van der Waals surface area contributed by atoms with Gasteiger partial charge in [0, 0.05) is 26.1 Å². The molecule has 1 aliphatic carbocycles. The minimum atomic E-state index is 0.106. The van der Waals surface area contributed by atoms with E-state index in [0.717, 1.165) is 19.3 Å². The highest BCUT2D eigenvalue weighted by atomic mass is 16.2. The molecule has 0 aliphatic heterocycles. The molecule has 0 aromatic heterocycles. The third kappa shape index (κ3) is 3.36. The maximum absolute atomic E-state index is 12.2. The zero-order valence-electron chi connectivity index (χ0n) is 14.6. The molecular weight excluding hydrogens is 296 g/mol. The molecule has 2 aromatic carbocycles. The molecule has 0 saturated heterocycles. The Morgan fingerprint density at radius 2 is 1.92 bits per heavy atom. The van der Waals surface area contributed by atoms with Crippen LogP contribution < -0.4 is 5.73 Å². The lowest BCUT2D eigenvalue weighted by molar-refractivity contribution is -0.131. The first-order chi connectivity index (χ1) is 11.6. The van der Waals surface area contributed by atoms with E-state index in [1.54, 1.807) is 4.90 Å². The number of hydrogen-bond acceptors (Lipinski definition) is 2. The Balaban J connectivity index is 1.61. The van der Waals surface area contributed by atoms with Crippen LogP contribution in [0.25, 0.3) is 11.1 Å². The predicted molar refractivity (Wildman–Crippen MR) is 98.9 cm³/mol. The highest BCUT2D eigenvalue weighted by molar-refractivity contribution is 5.77. The molecule has 1 atom stereocenters. The lowest BCUT2D eigenvalue weighted by atomic mass is 10.00. The summed E-state index contributed by atoms with van der Waals surface area (Å²) in [5, 5.41) is 0. The van der Waals surface area contributed by atoms with Crippen molar-refractivity contribution in [2.24, 2.45) is 5.73 Å². The summed E-state index contributed by atoms with van der Waals surface area (Å²) in [5.74, 6) is 0.180. The number of hydrogen-bond donors (Lipinski definition) is 1. The van der Waals surface area contributed by atoms with E-state index in [4.69, 9.17) is 5.73 Å². The van der Waals surface area contributed by atoms with Crippen LogP contribution in [0.1, 0.15) is 36.5 Å². The van der Waals surface area contributed by atoms with Gasteiger partial charge in [-0.05, 0) is 54.0 Å². The molecule has 0 bridgehead atoms. The van der Waals surface area contributed by atoms with Crippen LogP contribution in [0.5, 0.6) is 0 Å². The van der Waals surface area contributed by atoms with Crippen LogP contribution >= 0.6 is 0 Å². The molecule has 0 fully saturated rings. The van der Waals surface area contributed by atoms with Gasteiger partial charge in [-0.2, -0.15) is 0 Å². The topological polar surface area (TPSA) is 46.3 Å². The van der Waals surface area contributed by atoms with Crippen LogP contribution in [-0.2, 0) is 17.6 Å². The fraction of sp³-hybridized carbons (Fsp3) is 0.381. The maximum Gasteiger partial charge on any atom is 0.222 e. The lowest BCUT2D eigenvalue weighted by Gasteiger charge is -2.23. The Morgan fingerprint density at radius 1 is 1.17 bits per heavy atom. The van der Waals surface area contributed by atoms with Crippen molar-refractivity contribution in [3.05, 3.63) is 59.2 Å². The second-order valence-corrected chi connectivity index (χ2v) is 6.77. The first-order valence-electron chi connectivity index (χ1n) is 8.76. The summed E-state index contributed by atoms with van der Waals surface area (Å²) in [4.78, 5) is 13.9. The van der Waals surface area contributed by atoms with Gasteiger partial charge < -0.3 is 10.6 Å². The Morgan fingerprint density at radius 3 is 2.71 bits per heavy atom. The fourth-order valence-electron chi connectivity index (χ4n) is 3.35. The number of carbonyl (C=O) groups excluding carboxylic acids is 1. The van der Waals surface area contributed by atoms with Crippen LogP contribution in [-0.4, -0.2) is 30.4 Å². The second kappa shape index (κ2) is 7.18. The molecule has 3 rings (SSSR count). The normalized spacial score (nSPS) is 13.3. The van der Waals surface area contributed by atoms with E-state index < -0.39 is 0 Å². The van der Waals surface area contributed by atoms with Crippen LogP contribution in [0.2, 0.25) is 0 Å². The van der Waals surface area contributed by atoms with Gasteiger partial charge in [-0.1, -0.05) is 42.5 Å². The van der Waals surface area contributed by atoms with Crippen molar-refractivity contribution in [3.63, 3.8) is 0 Å². The van der Waals surface area contributed by atoms with Crippen LogP contribution in [0, 0.1) is 0 Å². The van der Waals surface area contributed by atoms with E-state index in [9.17, 15) is 4.79 Å². The molecule has 1 unspecified atom stereocenters. The van der Waals surface area contributed by atoms with Gasteiger partial charge in [0.25, 0.3) is 0 Å². The third-order valence-corrected chi connectivity index (χ3v) is 5.11. The predicted octanol–water partition coefficient (Wildman–Crippen LogP) is 3.39. The van der Waals surface area contributed by atoms with Gasteiger partial charge in [-0.25, -0.2) is 0 Å². The molecule has 2 aromatic rings. The molecular formula is C21H26N2O. The SMILES string of the molecule is CC(CN)N(C)C(=O)CCCc1ccc2c(c1)-c1ccccc1C2. The van der Waals surface area contributed by atoms with Crippen molar-refractivity contribution in [1.82, 2.24) is 4.90 Å². The second-order valence-electron chi connectivity index (χ2n) is 6.77. The largest absolute Gasteiger partial charge is 0.342 e. The van der Waals surface area contributed by atoms with E-state index in [1.807, 2.05) is 14.0 Å². The zero-order chi connectivity index (χ0) is 17.1. The molecule has 3 nitrogen and oxygen atoms in total. The van der Waals surface area contributed by atoms with E-state index in [2.05, 4.69) is 42.5 Å². The number of rotatable bonds is 6. The monoisotopic (exact) mass is 322 g/mol. The van der Waals surface area contributed by atoms with Crippen LogP contribution in [0.3, 0.4) is 0 Å². The summed E-state index contributed by atoms with van der Waals surface area (Å²) in [6, 6.07) is 15.5. The van der Waals surface area contributed by atoms with E-state index in [0.29, 0.717) is 13.0 Å². The molecule has 24 heavy (non-hydrogen) atoms. The first kappa shape index (κ1) is 16.7. The van der Waals surface area contributed by atoms with Crippen molar-refractivity contribution < 1.29 is 4.79 Å². The van der Waals surface area contributed by atoms with E-state index >= 15 is 0 Å². The van der Waals surface area contributed by atoms with Gasteiger partial charge in [-0.3, -0.25) is 4.79 Å². The molecule has 3 heteroatoms. The van der Waals surface area contributed by atoms with Gasteiger partial charge in [0.2, 0.25) is 5.91 Å². The number of aryl methyl sites for hydroxylation is 1. The summed E-state index contributed by atoms with van der Waals surface area (Å²) in [7, 11) is 1.84. The van der Waals surface area contributed by atoms with Crippen molar-refractivity contribution in [2.45, 2.75) is 38.6 Å². The van der Waals surface area contributed by atoms with Crippen molar-refractivity contribution in [2.75, 3.05) is 13.6 Å². The van der Waals surface area contributed by atoms with Crippen LogP contribution in [0.15, 0.2) is 42.5 Å². The highest BCUT2D eigenvalue weighted by Crippen LogP contribution is 2.36. The summed E-state index contributed by atoms with van der Waals surface area (Å²) >= 11 is 0. The number of likely N-dealkylation sites (N-methyl/N-ethyl adjacent to an activating group) is 1. The quantitative estimate of drug-likeness (QED) is 0.756. The average molecular weight is 322 g/mol. The third-order valence-electron chi connectivity index (χ3n) is 5.11. The minimum absolute atomic E-state index is 0.106. The van der Waals surface area contributed by atoms with E-state index in [1.165, 1.54) is 27.8 Å². The molecule has 0 spiro atoms. The smallest absolute Gasteiger partial charge is 0.222 e. The minimum Gasteiger partial charge on any atom is -0.342 e.